The fourth-order valence-corrected chi connectivity index (χ4v) is 0. The van der Waals surface area contributed by atoms with Crippen LogP contribution in [0.15, 0.2) is 0 Å². The van der Waals surface area contributed by atoms with Gasteiger partial charge in [-0.3, -0.25) is 0 Å². The Kier molecular flexibility index (Phi) is 308. The first kappa shape index (κ1) is 49.7. The van der Waals surface area contributed by atoms with E-state index in [4.69, 9.17) is 0 Å². The summed E-state index contributed by atoms with van der Waals surface area (Å²) >= 11 is 0. The minimum Gasteiger partial charge on any atom is 0 e. The van der Waals surface area contributed by atoms with Gasteiger partial charge in [0.2, 0.25) is 0 Å². The molecular formula is CoMn3Ni. The molecule has 0 aliphatic carbocycles. The molecule has 0 saturated carbocycles. The van der Waals surface area contributed by atoms with Crippen molar-refractivity contribution in [3.8, 4) is 0 Å². The van der Waals surface area contributed by atoms with Gasteiger partial charge in [-0.1, -0.05) is 0 Å². The van der Waals surface area contributed by atoms with Crippen LogP contribution in [0.1, 0.15) is 0 Å². The van der Waals surface area contributed by atoms with Crippen LogP contribution in [-0.4, -0.2) is 0 Å². The Balaban J connectivity index is 0. The van der Waals surface area contributed by atoms with Crippen LogP contribution in [0, 0.1) is 0 Å². The summed E-state index contributed by atoms with van der Waals surface area (Å²) in [4.78, 5) is 0. The van der Waals surface area contributed by atoms with E-state index in [-0.39, 0.29) is 84.5 Å². The van der Waals surface area contributed by atoms with Crippen molar-refractivity contribution in [1.82, 2.24) is 0 Å². The normalized spacial score (nSPS) is 0. The molecule has 0 bridgehead atoms. The molecule has 0 nitrogen and oxygen atoms in total. The molecule has 5 heteroatoms. The Labute approximate surface area is 83.5 Å². The van der Waals surface area contributed by atoms with Crippen LogP contribution in [0.4, 0.5) is 0 Å². The topological polar surface area (TPSA) is 0 Å². The largest absolute Gasteiger partial charge is 0 e. The Bertz CT molecular complexity index is 6.85. The van der Waals surface area contributed by atoms with Gasteiger partial charge in [-0.2, -0.15) is 0 Å². The number of hydrogen-bond donors (Lipinski definition) is 0. The molecule has 0 atom stereocenters. The van der Waals surface area contributed by atoms with E-state index in [0.717, 1.165) is 0 Å². The molecule has 0 aliphatic heterocycles. The molecule has 0 aromatic carbocycles. The van der Waals surface area contributed by atoms with Gasteiger partial charge in [-0.05, 0) is 0 Å². The Morgan fingerprint density at radius 1 is 0.600 bits per heavy atom. The van der Waals surface area contributed by atoms with E-state index in [1.54, 1.807) is 0 Å². The van der Waals surface area contributed by atoms with Crippen molar-refractivity contribution in [2.75, 3.05) is 0 Å². The van der Waals surface area contributed by atoms with Crippen LogP contribution in [0.3, 0.4) is 0 Å². The van der Waals surface area contributed by atoms with Crippen molar-refractivity contribution in [2.24, 2.45) is 0 Å². The van der Waals surface area contributed by atoms with E-state index in [1.807, 2.05) is 0 Å². The van der Waals surface area contributed by atoms with Gasteiger partial charge in [-0.25, -0.2) is 0 Å². The maximum absolute atomic E-state index is 0. The third-order valence-corrected chi connectivity index (χ3v) is 0. The van der Waals surface area contributed by atoms with Gasteiger partial charge in [0.05, 0.1) is 0 Å². The van der Waals surface area contributed by atoms with E-state index in [0.29, 0.717) is 0 Å². The zero-order valence-corrected chi connectivity index (χ0v) is 7.35. The summed E-state index contributed by atoms with van der Waals surface area (Å²) in [6.07, 6.45) is 0. The average Bonchev–Trinajstić information content (AvgIpc) is 0. The fraction of sp³-hybridized carbons (Fsp3) is 0. The predicted molar refractivity (Wildman–Crippen MR) is 0 cm³/mol. The Morgan fingerprint density at radius 2 is 0.600 bits per heavy atom. The molecule has 0 heterocycles. The minimum absolute atomic E-state index is 0. The van der Waals surface area contributed by atoms with Gasteiger partial charge >= 0.3 is 0 Å². The Morgan fingerprint density at radius 3 is 0.600 bits per heavy atom. The van der Waals surface area contributed by atoms with Crippen molar-refractivity contribution in [3.05, 3.63) is 0 Å². The minimum atomic E-state index is 0. The number of rotatable bonds is 0. The van der Waals surface area contributed by atoms with Gasteiger partial charge in [0.1, 0.15) is 0 Å². The predicted octanol–water partition coefficient (Wildman–Crippen LogP) is -0.0125. The van der Waals surface area contributed by atoms with E-state index in [9.17, 15) is 0 Å². The molecule has 0 aliphatic rings. The van der Waals surface area contributed by atoms with E-state index < -0.39 is 0 Å². The maximum Gasteiger partial charge on any atom is 0 e. The summed E-state index contributed by atoms with van der Waals surface area (Å²) < 4.78 is 0. The Hall–Kier alpha value is 2.56. The van der Waals surface area contributed by atoms with Crippen LogP contribution in [0.25, 0.3) is 0 Å². The molecule has 0 N–H and O–H groups in total. The van der Waals surface area contributed by atoms with Crippen LogP contribution in [0.5, 0.6) is 0 Å². The molecule has 40 valence electrons. The molecule has 0 aromatic heterocycles. The fourth-order valence-electron chi connectivity index (χ4n) is 0. The van der Waals surface area contributed by atoms with Crippen LogP contribution < -0.4 is 0 Å². The summed E-state index contributed by atoms with van der Waals surface area (Å²) in [5.41, 5.74) is 0. The van der Waals surface area contributed by atoms with E-state index in [1.165, 1.54) is 0 Å². The van der Waals surface area contributed by atoms with Gasteiger partial charge < -0.3 is 0 Å². The van der Waals surface area contributed by atoms with Gasteiger partial charge in [0.25, 0.3) is 0 Å². The second-order valence-electron chi connectivity index (χ2n) is 0. The zero-order chi connectivity index (χ0) is 0. The monoisotopic (exact) mass is 282 g/mol. The smallest absolute Gasteiger partial charge is 0 e. The molecule has 0 amide bonds. The standard InChI is InChI=1S/Co.3Mn.Ni. The van der Waals surface area contributed by atoms with Crippen LogP contribution in [0.2, 0.25) is 0 Å². The molecule has 4 radical (unpaired) electrons. The zero-order valence-electron chi connectivity index (χ0n) is 1.78. The summed E-state index contributed by atoms with van der Waals surface area (Å²) in [5.74, 6) is 0. The third kappa shape index (κ3) is 20.8. The summed E-state index contributed by atoms with van der Waals surface area (Å²) in [6, 6.07) is 0. The molecule has 0 saturated heterocycles. The van der Waals surface area contributed by atoms with E-state index in [2.05, 4.69) is 0 Å². The van der Waals surface area contributed by atoms with Crippen molar-refractivity contribution in [3.63, 3.8) is 0 Å². The molecule has 0 aromatic rings. The second kappa shape index (κ2) is 31.0. The summed E-state index contributed by atoms with van der Waals surface area (Å²) in [6.45, 7) is 0. The SMILES string of the molecule is [Co].[Mn].[Mn].[Mn].[Ni]. The first-order chi connectivity index (χ1) is 0. The van der Waals surface area contributed by atoms with Gasteiger partial charge in [0.15, 0.2) is 0 Å². The maximum atomic E-state index is 0. The molecule has 5 heavy (non-hydrogen) atoms. The molecule has 0 spiro atoms. The van der Waals surface area contributed by atoms with E-state index >= 15 is 0 Å². The quantitative estimate of drug-likeness (QED) is 0.548. The number of hydrogen-bond acceptors (Lipinski definition) is 0. The molecular weight excluding hydrogens is 282 g/mol. The first-order valence-electron chi connectivity index (χ1n) is 0. The van der Waals surface area contributed by atoms with Crippen LogP contribution >= 0.6 is 0 Å². The van der Waals surface area contributed by atoms with Crippen molar-refractivity contribution >= 4 is 0 Å². The first-order valence-corrected chi connectivity index (χ1v) is 0. The third-order valence-electron chi connectivity index (χ3n) is 0. The van der Waals surface area contributed by atoms with Gasteiger partial charge in [0, 0.05) is 84.5 Å². The summed E-state index contributed by atoms with van der Waals surface area (Å²) in [5, 5.41) is 0. The molecule has 0 fully saturated rings. The second-order valence-corrected chi connectivity index (χ2v) is 0. The molecule has 0 unspecified atom stereocenters. The van der Waals surface area contributed by atoms with Crippen molar-refractivity contribution < 1.29 is 84.5 Å². The average molecular weight is 282 g/mol. The van der Waals surface area contributed by atoms with Crippen molar-refractivity contribution in [1.29, 1.82) is 0 Å². The summed E-state index contributed by atoms with van der Waals surface area (Å²) in [7, 11) is 0. The van der Waals surface area contributed by atoms with Crippen LogP contribution in [-0.2, 0) is 84.5 Å². The van der Waals surface area contributed by atoms with Gasteiger partial charge in [-0.15, -0.1) is 0 Å². The van der Waals surface area contributed by atoms with Crippen molar-refractivity contribution in [2.45, 2.75) is 0 Å². The molecule has 0 rings (SSSR count).